The largest absolute Gasteiger partial charge is 0.302 e. The van der Waals surface area contributed by atoms with Crippen molar-refractivity contribution in [2.75, 3.05) is 5.32 Å². The SMILES string of the molecule is CC(=O)c1csc(NC(=O)Cc2c(C)nn(CC(C)C)c2C)n1. The number of anilines is 1. The molecule has 1 amide bonds. The summed E-state index contributed by atoms with van der Waals surface area (Å²) < 4.78 is 1.96. The molecule has 6 nitrogen and oxygen atoms in total. The Morgan fingerprint density at radius 3 is 2.61 bits per heavy atom. The summed E-state index contributed by atoms with van der Waals surface area (Å²) in [5.41, 5.74) is 3.23. The number of nitrogens with one attached hydrogen (secondary N) is 1. The molecule has 0 aliphatic heterocycles. The van der Waals surface area contributed by atoms with E-state index in [0.29, 0.717) is 16.7 Å². The summed E-state index contributed by atoms with van der Waals surface area (Å²) in [4.78, 5) is 27.6. The summed E-state index contributed by atoms with van der Waals surface area (Å²) in [6, 6.07) is 0. The van der Waals surface area contributed by atoms with Crippen molar-refractivity contribution < 1.29 is 9.59 Å². The minimum atomic E-state index is -0.148. The van der Waals surface area contributed by atoms with Crippen LogP contribution in [0.15, 0.2) is 5.38 Å². The van der Waals surface area contributed by atoms with Crippen LogP contribution in [0.3, 0.4) is 0 Å². The molecule has 0 unspecified atom stereocenters. The van der Waals surface area contributed by atoms with Gasteiger partial charge in [-0.05, 0) is 19.8 Å². The lowest BCUT2D eigenvalue weighted by molar-refractivity contribution is -0.115. The molecular weight excluding hydrogens is 312 g/mol. The van der Waals surface area contributed by atoms with Gasteiger partial charge >= 0.3 is 0 Å². The molecule has 23 heavy (non-hydrogen) atoms. The number of thiazole rings is 1. The third kappa shape index (κ3) is 4.25. The Labute approximate surface area is 139 Å². The Bertz CT molecular complexity index is 731. The lowest BCUT2D eigenvalue weighted by atomic mass is 10.1. The van der Waals surface area contributed by atoms with E-state index in [1.165, 1.54) is 18.3 Å². The Morgan fingerprint density at radius 1 is 1.35 bits per heavy atom. The molecule has 1 N–H and O–H groups in total. The topological polar surface area (TPSA) is 76.9 Å². The Kier molecular flexibility index (Phi) is 5.30. The van der Waals surface area contributed by atoms with Crippen molar-refractivity contribution in [1.29, 1.82) is 0 Å². The van der Waals surface area contributed by atoms with Crippen LogP contribution in [0.4, 0.5) is 5.13 Å². The first kappa shape index (κ1) is 17.3. The molecule has 0 saturated heterocycles. The van der Waals surface area contributed by atoms with Crippen molar-refractivity contribution in [2.24, 2.45) is 5.92 Å². The van der Waals surface area contributed by atoms with Gasteiger partial charge < -0.3 is 5.32 Å². The van der Waals surface area contributed by atoms with Gasteiger partial charge in [0.25, 0.3) is 0 Å². The molecule has 0 atom stereocenters. The van der Waals surface area contributed by atoms with Crippen LogP contribution in [0.1, 0.15) is 48.2 Å². The number of amides is 1. The predicted octanol–water partition coefficient (Wildman–Crippen LogP) is 3.00. The van der Waals surface area contributed by atoms with Crippen LogP contribution in [0, 0.1) is 19.8 Å². The van der Waals surface area contributed by atoms with E-state index < -0.39 is 0 Å². The standard InChI is InChI=1S/C16H22N4O2S/c1-9(2)7-20-11(4)13(10(3)19-20)6-15(22)18-16-17-14(8-23-16)12(5)21/h8-9H,6-7H2,1-5H3,(H,17,18,22). The molecule has 0 aromatic carbocycles. The smallest absolute Gasteiger partial charge is 0.230 e. The highest BCUT2D eigenvalue weighted by Crippen LogP contribution is 2.18. The van der Waals surface area contributed by atoms with Gasteiger partial charge in [0.1, 0.15) is 5.69 Å². The Morgan fingerprint density at radius 2 is 2.04 bits per heavy atom. The molecule has 0 fully saturated rings. The first-order valence-corrected chi connectivity index (χ1v) is 8.45. The Hall–Kier alpha value is -2.02. The first-order chi connectivity index (χ1) is 10.8. The fourth-order valence-electron chi connectivity index (χ4n) is 2.33. The number of hydrogen-bond donors (Lipinski definition) is 1. The lowest BCUT2D eigenvalue weighted by Gasteiger charge is -2.08. The van der Waals surface area contributed by atoms with Crippen molar-refractivity contribution in [3.05, 3.63) is 28.0 Å². The third-order valence-corrected chi connectivity index (χ3v) is 4.28. The number of nitrogens with zero attached hydrogens (tertiary/aromatic N) is 3. The van der Waals surface area contributed by atoms with Crippen LogP contribution in [0.5, 0.6) is 0 Å². The van der Waals surface area contributed by atoms with Crippen molar-refractivity contribution >= 4 is 28.2 Å². The van der Waals surface area contributed by atoms with Crippen LogP contribution in [0.2, 0.25) is 0 Å². The van der Waals surface area contributed by atoms with Crippen molar-refractivity contribution in [2.45, 2.75) is 47.6 Å². The second kappa shape index (κ2) is 7.04. The highest BCUT2D eigenvalue weighted by atomic mass is 32.1. The lowest BCUT2D eigenvalue weighted by Crippen LogP contribution is -2.15. The normalized spacial score (nSPS) is 11.0. The van der Waals surface area contributed by atoms with Gasteiger partial charge in [-0.3, -0.25) is 14.3 Å². The molecule has 0 aliphatic rings. The molecule has 2 rings (SSSR count). The fraction of sp³-hybridized carbons (Fsp3) is 0.500. The van der Waals surface area contributed by atoms with Crippen molar-refractivity contribution in [3.8, 4) is 0 Å². The van der Waals surface area contributed by atoms with E-state index in [-0.39, 0.29) is 18.1 Å². The van der Waals surface area contributed by atoms with Crippen LogP contribution < -0.4 is 5.32 Å². The number of rotatable bonds is 6. The second-order valence-electron chi connectivity index (χ2n) is 6.04. The molecule has 7 heteroatoms. The molecule has 2 heterocycles. The van der Waals surface area contributed by atoms with Crippen LogP contribution in [-0.2, 0) is 17.8 Å². The van der Waals surface area contributed by atoms with Gasteiger partial charge in [0, 0.05) is 30.1 Å². The average Bonchev–Trinajstić information content (AvgIpc) is 2.99. The number of carbonyl (C=O) groups is 2. The summed E-state index contributed by atoms with van der Waals surface area (Å²) >= 11 is 1.25. The maximum atomic E-state index is 12.2. The monoisotopic (exact) mass is 334 g/mol. The summed E-state index contributed by atoms with van der Waals surface area (Å²) in [7, 11) is 0. The zero-order valence-corrected chi connectivity index (χ0v) is 15.0. The summed E-state index contributed by atoms with van der Waals surface area (Å²) in [6.45, 7) is 10.5. The number of Topliss-reactive ketones (excluding diaryl/α,β-unsaturated/α-hetero) is 1. The van der Waals surface area contributed by atoms with Crippen LogP contribution in [0.25, 0.3) is 0 Å². The van der Waals surface area contributed by atoms with Crippen molar-refractivity contribution in [1.82, 2.24) is 14.8 Å². The number of carbonyl (C=O) groups excluding carboxylic acids is 2. The summed E-state index contributed by atoms with van der Waals surface area (Å²) in [6.07, 6.45) is 0.255. The number of aromatic nitrogens is 3. The molecule has 0 spiro atoms. The van der Waals surface area contributed by atoms with Crippen LogP contribution in [-0.4, -0.2) is 26.5 Å². The zero-order chi connectivity index (χ0) is 17.1. The van der Waals surface area contributed by atoms with Gasteiger partial charge in [0.2, 0.25) is 5.91 Å². The van der Waals surface area contributed by atoms with E-state index in [0.717, 1.165) is 23.5 Å². The van der Waals surface area contributed by atoms with E-state index in [1.54, 1.807) is 5.38 Å². The van der Waals surface area contributed by atoms with Gasteiger partial charge in [0.15, 0.2) is 10.9 Å². The summed E-state index contributed by atoms with van der Waals surface area (Å²) in [5, 5.41) is 9.36. The van der Waals surface area contributed by atoms with Gasteiger partial charge in [-0.2, -0.15) is 5.10 Å². The van der Waals surface area contributed by atoms with E-state index in [9.17, 15) is 9.59 Å². The van der Waals surface area contributed by atoms with E-state index in [1.807, 2.05) is 18.5 Å². The van der Waals surface area contributed by atoms with Gasteiger partial charge in [-0.1, -0.05) is 13.8 Å². The summed E-state index contributed by atoms with van der Waals surface area (Å²) in [5.74, 6) is 0.239. The minimum absolute atomic E-state index is 0.108. The minimum Gasteiger partial charge on any atom is -0.302 e. The molecular formula is C16H22N4O2S. The fourth-order valence-corrected chi connectivity index (χ4v) is 3.10. The molecule has 0 saturated carbocycles. The van der Waals surface area contributed by atoms with E-state index in [4.69, 9.17) is 0 Å². The van der Waals surface area contributed by atoms with Gasteiger partial charge in [-0.25, -0.2) is 4.98 Å². The van der Waals surface area contributed by atoms with Gasteiger partial charge in [0.05, 0.1) is 12.1 Å². The molecule has 0 radical (unpaired) electrons. The average molecular weight is 334 g/mol. The quantitative estimate of drug-likeness (QED) is 0.824. The van der Waals surface area contributed by atoms with Crippen LogP contribution >= 0.6 is 11.3 Å². The molecule has 2 aromatic rings. The Balaban J connectivity index is 2.07. The van der Waals surface area contributed by atoms with E-state index in [2.05, 4.69) is 29.2 Å². The zero-order valence-electron chi connectivity index (χ0n) is 14.1. The molecule has 2 aromatic heterocycles. The highest BCUT2D eigenvalue weighted by Gasteiger charge is 2.16. The molecule has 124 valence electrons. The van der Waals surface area contributed by atoms with Crippen molar-refractivity contribution in [3.63, 3.8) is 0 Å². The third-order valence-electron chi connectivity index (χ3n) is 3.52. The van der Waals surface area contributed by atoms with Gasteiger partial charge in [-0.15, -0.1) is 11.3 Å². The second-order valence-corrected chi connectivity index (χ2v) is 6.90. The molecule has 0 bridgehead atoms. The number of ketones is 1. The maximum Gasteiger partial charge on any atom is 0.230 e. The first-order valence-electron chi connectivity index (χ1n) is 7.57. The predicted molar refractivity (Wildman–Crippen MR) is 91.0 cm³/mol. The number of hydrogen-bond acceptors (Lipinski definition) is 5. The maximum absolute atomic E-state index is 12.2. The highest BCUT2D eigenvalue weighted by molar-refractivity contribution is 7.14. The number of aryl methyl sites for hydroxylation is 1. The molecule has 0 aliphatic carbocycles. The van der Waals surface area contributed by atoms with E-state index >= 15 is 0 Å².